The average Bonchev–Trinajstić information content (AvgIpc) is 2.91. The van der Waals surface area contributed by atoms with E-state index in [4.69, 9.17) is 4.74 Å². The molecule has 0 radical (unpaired) electrons. The van der Waals surface area contributed by atoms with E-state index < -0.39 is 6.10 Å². The zero-order valence-electron chi connectivity index (χ0n) is 10.5. The van der Waals surface area contributed by atoms with Gasteiger partial charge >= 0.3 is 0 Å². The lowest BCUT2D eigenvalue weighted by Gasteiger charge is -2.10. The van der Waals surface area contributed by atoms with Crippen LogP contribution in [0.5, 0.6) is 5.75 Å². The van der Waals surface area contributed by atoms with Gasteiger partial charge in [-0.15, -0.1) is 0 Å². The van der Waals surface area contributed by atoms with Gasteiger partial charge < -0.3 is 14.8 Å². The van der Waals surface area contributed by atoms with Gasteiger partial charge in [-0.3, -0.25) is 0 Å². The highest BCUT2D eigenvalue weighted by Crippen LogP contribution is 2.21. The van der Waals surface area contributed by atoms with Crippen LogP contribution in [0, 0.1) is 0 Å². The molecule has 0 saturated carbocycles. The van der Waals surface area contributed by atoms with Gasteiger partial charge in [-0.25, -0.2) is 4.98 Å². The quantitative estimate of drug-likeness (QED) is 0.823. The fraction of sp³-hybridized carbons (Fsp3) is 0.357. The lowest BCUT2D eigenvalue weighted by Crippen LogP contribution is -2.02. The summed E-state index contributed by atoms with van der Waals surface area (Å²) >= 11 is 0. The number of ether oxygens (including phenoxy) is 1. The van der Waals surface area contributed by atoms with E-state index in [1.807, 2.05) is 37.4 Å². The topological polar surface area (TPSA) is 58.1 Å². The Bertz CT molecular complexity index is 468. The van der Waals surface area contributed by atoms with Crippen molar-refractivity contribution in [2.24, 2.45) is 0 Å². The number of aliphatic hydroxyl groups excluding tert-OH is 1. The van der Waals surface area contributed by atoms with Crippen LogP contribution in [0.1, 0.15) is 30.7 Å². The van der Waals surface area contributed by atoms with Crippen LogP contribution in [-0.4, -0.2) is 21.7 Å². The first-order valence-electron chi connectivity index (χ1n) is 6.18. The van der Waals surface area contributed by atoms with Crippen LogP contribution in [-0.2, 0) is 6.42 Å². The SMILES string of the molecule is CCC(O)c1cccc(OCCc2c[nH]cn2)c1. The Labute approximate surface area is 107 Å². The molecule has 2 N–H and O–H groups in total. The van der Waals surface area contributed by atoms with Gasteiger partial charge in [-0.2, -0.15) is 0 Å². The highest BCUT2D eigenvalue weighted by atomic mass is 16.5. The number of nitrogens with zero attached hydrogens (tertiary/aromatic N) is 1. The first-order chi connectivity index (χ1) is 8.79. The Kier molecular flexibility index (Phi) is 4.36. The number of aliphatic hydroxyl groups is 1. The predicted octanol–water partition coefficient (Wildman–Crippen LogP) is 2.47. The van der Waals surface area contributed by atoms with Gasteiger partial charge in [-0.05, 0) is 24.1 Å². The van der Waals surface area contributed by atoms with E-state index in [0.717, 1.165) is 23.4 Å². The second kappa shape index (κ2) is 6.21. The standard InChI is InChI=1S/C14H18N2O2/c1-2-14(17)11-4-3-5-13(8-11)18-7-6-12-9-15-10-16-12/h3-5,8-10,14,17H,2,6-7H2,1H3,(H,15,16). The molecule has 18 heavy (non-hydrogen) atoms. The average molecular weight is 246 g/mol. The van der Waals surface area contributed by atoms with E-state index >= 15 is 0 Å². The van der Waals surface area contributed by atoms with Gasteiger partial charge in [0.05, 0.1) is 24.7 Å². The normalized spacial score (nSPS) is 12.3. The third kappa shape index (κ3) is 3.34. The van der Waals surface area contributed by atoms with E-state index in [9.17, 15) is 5.11 Å². The number of benzene rings is 1. The number of aromatic amines is 1. The molecule has 4 nitrogen and oxygen atoms in total. The van der Waals surface area contributed by atoms with Crippen molar-refractivity contribution in [3.8, 4) is 5.75 Å². The van der Waals surface area contributed by atoms with Crippen molar-refractivity contribution in [1.29, 1.82) is 0 Å². The minimum atomic E-state index is -0.417. The monoisotopic (exact) mass is 246 g/mol. The van der Waals surface area contributed by atoms with Gasteiger partial charge in [0.1, 0.15) is 5.75 Å². The molecule has 2 aromatic rings. The highest BCUT2D eigenvalue weighted by molar-refractivity contribution is 5.29. The van der Waals surface area contributed by atoms with Gasteiger partial charge in [-0.1, -0.05) is 19.1 Å². The zero-order chi connectivity index (χ0) is 12.8. The molecule has 1 atom stereocenters. The smallest absolute Gasteiger partial charge is 0.119 e. The Hall–Kier alpha value is -1.81. The zero-order valence-corrected chi connectivity index (χ0v) is 10.5. The van der Waals surface area contributed by atoms with E-state index in [0.29, 0.717) is 13.0 Å². The number of imidazole rings is 1. The summed E-state index contributed by atoms with van der Waals surface area (Å²) in [6.07, 6.45) is 4.58. The second-order valence-corrected chi connectivity index (χ2v) is 4.16. The molecule has 0 aliphatic rings. The van der Waals surface area contributed by atoms with Crippen LogP contribution in [0.2, 0.25) is 0 Å². The first kappa shape index (κ1) is 12.6. The van der Waals surface area contributed by atoms with Crippen LogP contribution in [0.3, 0.4) is 0 Å². The summed E-state index contributed by atoms with van der Waals surface area (Å²) in [6, 6.07) is 7.60. The Morgan fingerprint density at radius 1 is 1.44 bits per heavy atom. The molecule has 0 aliphatic heterocycles. The molecular formula is C14H18N2O2. The minimum Gasteiger partial charge on any atom is -0.493 e. The summed E-state index contributed by atoms with van der Waals surface area (Å²) in [6.45, 7) is 2.53. The second-order valence-electron chi connectivity index (χ2n) is 4.16. The fourth-order valence-electron chi connectivity index (χ4n) is 1.75. The summed E-state index contributed by atoms with van der Waals surface area (Å²) in [5.74, 6) is 0.788. The molecule has 4 heteroatoms. The molecule has 1 aromatic carbocycles. The van der Waals surface area contributed by atoms with Crippen molar-refractivity contribution in [3.05, 3.63) is 48.0 Å². The van der Waals surface area contributed by atoms with Gasteiger partial charge in [0.2, 0.25) is 0 Å². The molecule has 0 amide bonds. The van der Waals surface area contributed by atoms with E-state index in [2.05, 4.69) is 9.97 Å². The van der Waals surface area contributed by atoms with E-state index in [-0.39, 0.29) is 0 Å². The maximum Gasteiger partial charge on any atom is 0.119 e. The van der Waals surface area contributed by atoms with Gasteiger partial charge in [0.25, 0.3) is 0 Å². The minimum absolute atomic E-state index is 0.417. The van der Waals surface area contributed by atoms with Gasteiger partial charge in [0.15, 0.2) is 0 Å². The number of hydrogen-bond donors (Lipinski definition) is 2. The molecule has 0 saturated heterocycles. The largest absolute Gasteiger partial charge is 0.493 e. The molecule has 0 fully saturated rings. The number of hydrogen-bond acceptors (Lipinski definition) is 3. The van der Waals surface area contributed by atoms with Gasteiger partial charge in [0, 0.05) is 12.6 Å². The van der Waals surface area contributed by atoms with Crippen molar-refractivity contribution in [3.63, 3.8) is 0 Å². The van der Waals surface area contributed by atoms with Crippen LogP contribution in [0.15, 0.2) is 36.8 Å². The molecule has 0 spiro atoms. The Balaban J connectivity index is 1.89. The lowest BCUT2D eigenvalue weighted by molar-refractivity contribution is 0.173. The Morgan fingerprint density at radius 3 is 3.06 bits per heavy atom. The number of aromatic nitrogens is 2. The van der Waals surface area contributed by atoms with E-state index in [1.165, 1.54) is 0 Å². The summed E-state index contributed by atoms with van der Waals surface area (Å²) in [4.78, 5) is 7.04. The fourth-order valence-corrected chi connectivity index (χ4v) is 1.75. The third-order valence-corrected chi connectivity index (χ3v) is 2.81. The molecule has 1 heterocycles. The summed E-state index contributed by atoms with van der Waals surface area (Å²) in [7, 11) is 0. The van der Waals surface area contributed by atoms with Crippen LogP contribution >= 0.6 is 0 Å². The third-order valence-electron chi connectivity index (χ3n) is 2.81. The van der Waals surface area contributed by atoms with Crippen molar-refractivity contribution >= 4 is 0 Å². The van der Waals surface area contributed by atoms with Crippen molar-refractivity contribution in [2.75, 3.05) is 6.61 Å². The lowest BCUT2D eigenvalue weighted by atomic mass is 10.1. The summed E-state index contributed by atoms with van der Waals surface area (Å²) in [5, 5.41) is 9.76. The van der Waals surface area contributed by atoms with Crippen molar-refractivity contribution in [2.45, 2.75) is 25.9 Å². The first-order valence-corrected chi connectivity index (χ1v) is 6.18. The Morgan fingerprint density at radius 2 is 2.33 bits per heavy atom. The highest BCUT2D eigenvalue weighted by Gasteiger charge is 2.05. The molecule has 0 bridgehead atoms. The van der Waals surface area contributed by atoms with E-state index in [1.54, 1.807) is 6.33 Å². The maximum atomic E-state index is 9.76. The predicted molar refractivity (Wildman–Crippen MR) is 69.5 cm³/mol. The molecule has 1 unspecified atom stereocenters. The maximum absolute atomic E-state index is 9.76. The summed E-state index contributed by atoms with van der Waals surface area (Å²) < 4.78 is 5.65. The number of rotatable bonds is 6. The van der Waals surface area contributed by atoms with Crippen LogP contribution in [0.25, 0.3) is 0 Å². The van der Waals surface area contributed by atoms with Crippen LogP contribution in [0.4, 0.5) is 0 Å². The number of H-pyrrole nitrogens is 1. The number of nitrogens with one attached hydrogen (secondary N) is 1. The molecule has 2 rings (SSSR count). The molecule has 0 aliphatic carbocycles. The van der Waals surface area contributed by atoms with Crippen molar-refractivity contribution < 1.29 is 9.84 Å². The van der Waals surface area contributed by atoms with Crippen molar-refractivity contribution in [1.82, 2.24) is 9.97 Å². The molecular weight excluding hydrogens is 228 g/mol. The summed E-state index contributed by atoms with van der Waals surface area (Å²) in [5.41, 5.74) is 1.88. The molecule has 1 aromatic heterocycles. The van der Waals surface area contributed by atoms with Crippen LogP contribution < -0.4 is 4.74 Å². The molecule has 96 valence electrons.